The summed E-state index contributed by atoms with van der Waals surface area (Å²) < 4.78 is 5.53. The van der Waals surface area contributed by atoms with Gasteiger partial charge in [0.1, 0.15) is 11.9 Å². The number of quaternary nitrogens is 1. The van der Waals surface area contributed by atoms with Crippen molar-refractivity contribution >= 4 is 5.97 Å². The lowest BCUT2D eigenvalue weighted by molar-refractivity contribution is -0.921. The van der Waals surface area contributed by atoms with Crippen molar-refractivity contribution in [3.8, 4) is 0 Å². The van der Waals surface area contributed by atoms with Gasteiger partial charge in [-0.05, 0) is 27.7 Å². The van der Waals surface area contributed by atoms with Crippen LogP contribution in [0.3, 0.4) is 0 Å². The van der Waals surface area contributed by atoms with Gasteiger partial charge in [0.15, 0.2) is 6.10 Å². The molecule has 0 bridgehead atoms. The number of cyclic esters (lactones) is 1. The van der Waals surface area contributed by atoms with Crippen molar-refractivity contribution in [1.29, 1.82) is 0 Å². The molecule has 0 aliphatic carbocycles. The van der Waals surface area contributed by atoms with Gasteiger partial charge >= 0.3 is 5.97 Å². The van der Waals surface area contributed by atoms with Gasteiger partial charge < -0.3 is 29.6 Å². The Bertz CT molecular complexity index is 347. The Morgan fingerprint density at radius 3 is 1.81 bits per heavy atom. The van der Waals surface area contributed by atoms with Crippen LogP contribution >= 0.6 is 0 Å². The maximum absolute atomic E-state index is 10.6. The van der Waals surface area contributed by atoms with Crippen molar-refractivity contribution in [1.82, 2.24) is 0 Å². The first-order valence-electron chi connectivity index (χ1n) is 7.27. The summed E-state index contributed by atoms with van der Waals surface area (Å²) in [5, 5.41) is 36.8. The third-order valence-electron chi connectivity index (χ3n) is 4.14. The fourth-order valence-electron chi connectivity index (χ4n) is 2.16. The monoisotopic (exact) mass is 305 g/mol. The van der Waals surface area contributed by atoms with Crippen molar-refractivity contribution in [2.75, 3.05) is 32.8 Å². The van der Waals surface area contributed by atoms with E-state index in [4.69, 9.17) is 15.3 Å². The lowest BCUT2D eigenvalue weighted by Gasteiger charge is -2.34. The number of ether oxygens (including phenoxy) is 1. The molecule has 0 spiro atoms. The Morgan fingerprint density at radius 1 is 1.19 bits per heavy atom. The molecular formula is C14H27NO6. The minimum atomic E-state index is -1.46. The molecule has 0 aromatic carbocycles. The van der Waals surface area contributed by atoms with Crippen LogP contribution in [-0.2, 0) is 9.53 Å². The first kappa shape index (κ1) is 19.7. The quantitative estimate of drug-likeness (QED) is 0.441. The van der Waals surface area contributed by atoms with E-state index in [9.17, 15) is 9.90 Å². The van der Waals surface area contributed by atoms with E-state index in [-0.39, 0.29) is 0 Å². The normalized spacial score (nSPS) is 19.9. The Morgan fingerprint density at radius 2 is 1.62 bits per heavy atom. The topological polar surface area (TPSA) is 110 Å². The summed E-state index contributed by atoms with van der Waals surface area (Å²) in [7, 11) is 0. The molecule has 0 saturated carbocycles. The standard InChI is InChI=1S/C8H20N.C6H8O6/c1-5-9(6-2,7-3)8-4;7-1-2(8)5-3(9)4(10)6(11)12-5/h5-8H2,1-4H3;2,5,7-10H,1H2/q+1;/p-1/t;2-,5+/m.0/s1. The Kier molecular flexibility index (Phi) is 8.31. The molecule has 124 valence electrons. The molecule has 1 rings (SSSR count). The SMILES string of the molecule is CC[N+](CC)(CC)CC.O=C1O[C@H]([C@@H](O)CO)C(O)=C1[O-]. The first-order valence-corrected chi connectivity index (χ1v) is 7.27. The molecule has 0 aromatic heterocycles. The number of rotatable bonds is 6. The zero-order valence-corrected chi connectivity index (χ0v) is 13.2. The average Bonchev–Trinajstić information content (AvgIpc) is 2.77. The fourth-order valence-corrected chi connectivity index (χ4v) is 2.16. The van der Waals surface area contributed by atoms with Crippen LogP contribution in [0.25, 0.3) is 0 Å². The molecule has 3 N–H and O–H groups in total. The molecule has 0 saturated heterocycles. The third-order valence-corrected chi connectivity index (χ3v) is 4.14. The predicted molar refractivity (Wildman–Crippen MR) is 75.1 cm³/mol. The number of aliphatic hydroxyl groups excluding tert-OH is 3. The van der Waals surface area contributed by atoms with Gasteiger partial charge in [0.2, 0.25) is 0 Å². The lowest BCUT2D eigenvalue weighted by atomic mass is 10.2. The summed E-state index contributed by atoms with van der Waals surface area (Å²) in [6.07, 6.45) is -2.88. The van der Waals surface area contributed by atoms with E-state index in [1.807, 2.05) is 0 Å². The maximum Gasteiger partial charge on any atom is 0.327 e. The molecule has 7 heteroatoms. The van der Waals surface area contributed by atoms with Crippen LogP contribution in [0.2, 0.25) is 0 Å². The van der Waals surface area contributed by atoms with Gasteiger partial charge in [-0.25, -0.2) is 4.79 Å². The van der Waals surface area contributed by atoms with E-state index in [0.717, 1.165) is 0 Å². The molecule has 2 atom stereocenters. The van der Waals surface area contributed by atoms with Crippen molar-refractivity contribution in [3.63, 3.8) is 0 Å². The van der Waals surface area contributed by atoms with Crippen LogP contribution in [0.1, 0.15) is 27.7 Å². The van der Waals surface area contributed by atoms with Crippen molar-refractivity contribution in [2.45, 2.75) is 39.9 Å². The van der Waals surface area contributed by atoms with Crippen molar-refractivity contribution < 1.29 is 34.4 Å². The van der Waals surface area contributed by atoms with Gasteiger partial charge in [-0.3, -0.25) is 0 Å². The van der Waals surface area contributed by atoms with E-state index < -0.39 is 36.3 Å². The lowest BCUT2D eigenvalue weighted by Crippen LogP contribution is -2.47. The van der Waals surface area contributed by atoms with Gasteiger partial charge in [0.05, 0.1) is 32.8 Å². The second-order valence-corrected chi connectivity index (χ2v) is 4.90. The number of hydrogen-bond acceptors (Lipinski definition) is 6. The summed E-state index contributed by atoms with van der Waals surface area (Å²) >= 11 is 0. The van der Waals surface area contributed by atoms with Gasteiger partial charge in [0.25, 0.3) is 0 Å². The van der Waals surface area contributed by atoms with Crippen LogP contribution < -0.4 is 5.11 Å². The molecule has 0 aromatic rings. The average molecular weight is 305 g/mol. The summed E-state index contributed by atoms with van der Waals surface area (Å²) in [4.78, 5) is 10.5. The Hall–Kier alpha value is -1.31. The van der Waals surface area contributed by atoms with E-state index in [1.54, 1.807) is 0 Å². The molecule has 7 nitrogen and oxygen atoms in total. The van der Waals surface area contributed by atoms with Crippen LogP contribution in [0, 0.1) is 0 Å². The number of aliphatic hydroxyl groups is 3. The molecule has 1 aliphatic heterocycles. The van der Waals surface area contributed by atoms with E-state index in [0.29, 0.717) is 0 Å². The summed E-state index contributed by atoms with van der Waals surface area (Å²) in [5.41, 5.74) is 0. The zero-order valence-electron chi connectivity index (χ0n) is 13.2. The maximum atomic E-state index is 10.6. The highest BCUT2D eigenvalue weighted by molar-refractivity contribution is 5.88. The zero-order chi connectivity index (χ0) is 16.6. The number of nitrogens with zero attached hydrogens (tertiary/aromatic N) is 1. The molecule has 0 fully saturated rings. The summed E-state index contributed by atoms with van der Waals surface area (Å²) in [6.45, 7) is 13.5. The fraction of sp³-hybridized carbons (Fsp3) is 0.786. The second-order valence-electron chi connectivity index (χ2n) is 4.90. The van der Waals surface area contributed by atoms with E-state index >= 15 is 0 Å². The van der Waals surface area contributed by atoms with Gasteiger partial charge in [-0.2, -0.15) is 0 Å². The molecular weight excluding hydrogens is 278 g/mol. The Labute approximate surface area is 125 Å². The highest BCUT2D eigenvalue weighted by Crippen LogP contribution is 2.19. The number of esters is 1. The van der Waals surface area contributed by atoms with Crippen LogP contribution in [0.15, 0.2) is 11.5 Å². The van der Waals surface area contributed by atoms with Crippen molar-refractivity contribution in [2.24, 2.45) is 0 Å². The molecule has 1 heterocycles. The van der Waals surface area contributed by atoms with Crippen LogP contribution in [0.5, 0.6) is 0 Å². The molecule has 1 aliphatic rings. The minimum Gasteiger partial charge on any atom is -0.865 e. The summed E-state index contributed by atoms with van der Waals surface area (Å²) in [5.74, 6) is -3.25. The molecule has 21 heavy (non-hydrogen) atoms. The second kappa shape index (κ2) is 8.86. The number of hydrogen-bond donors (Lipinski definition) is 3. The third kappa shape index (κ3) is 4.87. The van der Waals surface area contributed by atoms with Crippen LogP contribution in [0.4, 0.5) is 0 Å². The van der Waals surface area contributed by atoms with Crippen LogP contribution in [-0.4, -0.2) is 70.8 Å². The number of carbonyl (C=O) groups excluding carboxylic acids is 1. The minimum absolute atomic E-state index is 0.699. The predicted octanol–water partition coefficient (Wildman–Crippen LogP) is -0.722. The van der Waals surface area contributed by atoms with Crippen molar-refractivity contribution in [3.05, 3.63) is 11.5 Å². The van der Waals surface area contributed by atoms with Gasteiger partial charge in [-0.1, -0.05) is 0 Å². The molecule has 0 radical (unpaired) electrons. The highest BCUT2D eigenvalue weighted by Gasteiger charge is 2.34. The smallest absolute Gasteiger partial charge is 0.327 e. The number of carbonyl (C=O) groups is 1. The van der Waals surface area contributed by atoms with E-state index in [1.165, 1.54) is 30.7 Å². The molecule has 0 unspecified atom stereocenters. The van der Waals surface area contributed by atoms with Gasteiger partial charge in [-0.15, -0.1) is 0 Å². The summed E-state index contributed by atoms with van der Waals surface area (Å²) in [6, 6.07) is 0. The van der Waals surface area contributed by atoms with Gasteiger partial charge in [0, 0.05) is 5.76 Å². The van der Waals surface area contributed by atoms with E-state index in [2.05, 4.69) is 32.4 Å². The Balaban J connectivity index is 0.000000400. The molecule has 0 amide bonds. The first-order chi connectivity index (χ1) is 9.82. The largest absolute Gasteiger partial charge is 0.865 e. The highest BCUT2D eigenvalue weighted by atomic mass is 16.6.